The fraction of sp³-hybridized carbons (Fsp3) is 0.278. The topological polar surface area (TPSA) is 80.0 Å². The second-order valence-electron chi connectivity index (χ2n) is 5.51. The lowest BCUT2D eigenvalue weighted by molar-refractivity contribution is -0.116. The molecule has 7 heteroatoms. The van der Waals surface area contributed by atoms with Crippen LogP contribution in [-0.4, -0.2) is 22.6 Å². The van der Waals surface area contributed by atoms with Gasteiger partial charge in [0, 0.05) is 36.0 Å². The summed E-state index contributed by atoms with van der Waals surface area (Å²) in [6, 6.07) is 9.73. The number of carbonyl (C=O) groups excluding carboxylic acids is 1. The summed E-state index contributed by atoms with van der Waals surface area (Å²) in [6.45, 7) is 3.66. The van der Waals surface area contributed by atoms with Gasteiger partial charge >= 0.3 is 0 Å². The van der Waals surface area contributed by atoms with Gasteiger partial charge in [-0.2, -0.15) is 16.3 Å². The Bertz CT molecular complexity index is 814. The van der Waals surface area contributed by atoms with Gasteiger partial charge in [-0.15, -0.1) is 0 Å². The van der Waals surface area contributed by atoms with Crippen molar-refractivity contribution in [2.45, 2.75) is 26.3 Å². The van der Waals surface area contributed by atoms with Crippen LogP contribution in [0.4, 0.5) is 5.69 Å². The summed E-state index contributed by atoms with van der Waals surface area (Å²) in [5.41, 5.74) is 2.83. The van der Waals surface area contributed by atoms with Gasteiger partial charge in [-0.05, 0) is 29.6 Å². The summed E-state index contributed by atoms with van der Waals surface area (Å²) in [5, 5.41) is 14.1. The second-order valence-corrected chi connectivity index (χ2v) is 6.29. The van der Waals surface area contributed by atoms with Gasteiger partial charge in [0.05, 0.1) is 0 Å². The van der Waals surface area contributed by atoms with E-state index in [0.717, 1.165) is 29.9 Å². The first-order valence-electron chi connectivity index (χ1n) is 8.20. The van der Waals surface area contributed by atoms with Crippen LogP contribution in [0.1, 0.15) is 24.8 Å². The van der Waals surface area contributed by atoms with Crippen molar-refractivity contribution >= 4 is 22.9 Å². The van der Waals surface area contributed by atoms with Crippen molar-refractivity contribution in [3.05, 3.63) is 52.5 Å². The van der Waals surface area contributed by atoms with Gasteiger partial charge in [0.15, 0.2) is 0 Å². The number of benzene rings is 1. The first-order chi connectivity index (χ1) is 12.3. The van der Waals surface area contributed by atoms with Crippen LogP contribution < -0.4 is 10.6 Å². The maximum absolute atomic E-state index is 12.2. The SMILES string of the molecule is CCNCc1ccccc1NC(=O)CCc1nc(-c2ccsc2)no1. The number of para-hydroxylation sites is 1. The predicted molar refractivity (Wildman–Crippen MR) is 98.4 cm³/mol. The molecule has 1 amide bonds. The third-order valence-corrected chi connectivity index (χ3v) is 4.35. The van der Waals surface area contributed by atoms with Crippen LogP contribution in [0.25, 0.3) is 11.4 Å². The predicted octanol–water partition coefficient (Wildman–Crippen LogP) is 3.48. The van der Waals surface area contributed by atoms with E-state index in [0.29, 0.717) is 24.6 Å². The molecular weight excluding hydrogens is 336 g/mol. The van der Waals surface area contributed by atoms with Gasteiger partial charge < -0.3 is 15.2 Å². The highest BCUT2D eigenvalue weighted by molar-refractivity contribution is 7.08. The van der Waals surface area contributed by atoms with Crippen LogP contribution in [0, 0.1) is 0 Å². The molecule has 0 saturated carbocycles. The first-order valence-corrected chi connectivity index (χ1v) is 9.14. The molecule has 0 aliphatic heterocycles. The number of nitrogens with one attached hydrogen (secondary N) is 2. The maximum atomic E-state index is 12.2. The Balaban J connectivity index is 1.55. The molecule has 3 aromatic rings. The smallest absolute Gasteiger partial charge is 0.227 e. The minimum Gasteiger partial charge on any atom is -0.339 e. The van der Waals surface area contributed by atoms with E-state index in [-0.39, 0.29) is 5.91 Å². The summed E-state index contributed by atoms with van der Waals surface area (Å²) in [7, 11) is 0. The van der Waals surface area contributed by atoms with Gasteiger partial charge in [0.2, 0.25) is 17.6 Å². The number of carbonyl (C=O) groups is 1. The molecule has 0 radical (unpaired) electrons. The van der Waals surface area contributed by atoms with E-state index in [1.54, 1.807) is 11.3 Å². The minimum absolute atomic E-state index is 0.0702. The van der Waals surface area contributed by atoms with Gasteiger partial charge in [0.25, 0.3) is 0 Å². The van der Waals surface area contributed by atoms with Crippen molar-refractivity contribution in [3.63, 3.8) is 0 Å². The molecule has 0 bridgehead atoms. The molecule has 0 spiro atoms. The van der Waals surface area contributed by atoms with Crippen LogP contribution in [0.3, 0.4) is 0 Å². The molecule has 1 aromatic carbocycles. The van der Waals surface area contributed by atoms with Crippen LogP contribution in [0.15, 0.2) is 45.6 Å². The summed E-state index contributed by atoms with van der Waals surface area (Å²) >= 11 is 1.58. The fourth-order valence-electron chi connectivity index (χ4n) is 2.35. The van der Waals surface area contributed by atoms with E-state index in [1.807, 2.05) is 41.1 Å². The molecule has 6 nitrogen and oxygen atoms in total. The second kappa shape index (κ2) is 8.55. The third kappa shape index (κ3) is 4.74. The number of aryl methyl sites for hydroxylation is 1. The Morgan fingerprint density at radius 2 is 2.16 bits per heavy atom. The van der Waals surface area contributed by atoms with Gasteiger partial charge in [-0.1, -0.05) is 30.3 Å². The zero-order valence-corrected chi connectivity index (χ0v) is 14.8. The molecule has 0 atom stereocenters. The third-order valence-electron chi connectivity index (χ3n) is 3.67. The largest absolute Gasteiger partial charge is 0.339 e. The van der Waals surface area contributed by atoms with Crippen LogP contribution in [0.5, 0.6) is 0 Å². The van der Waals surface area contributed by atoms with Crippen molar-refractivity contribution in [1.29, 1.82) is 0 Å². The number of aromatic nitrogens is 2. The number of rotatable bonds is 8. The normalized spacial score (nSPS) is 10.8. The fourth-order valence-corrected chi connectivity index (χ4v) is 2.99. The highest BCUT2D eigenvalue weighted by atomic mass is 32.1. The van der Waals surface area contributed by atoms with Crippen molar-refractivity contribution in [2.24, 2.45) is 0 Å². The first kappa shape index (κ1) is 17.3. The van der Waals surface area contributed by atoms with E-state index in [4.69, 9.17) is 4.52 Å². The lowest BCUT2D eigenvalue weighted by atomic mass is 10.1. The Labute approximate surface area is 150 Å². The highest BCUT2D eigenvalue weighted by Crippen LogP contribution is 2.19. The summed E-state index contributed by atoms with van der Waals surface area (Å²) in [5.74, 6) is 0.962. The zero-order chi connectivity index (χ0) is 17.5. The van der Waals surface area contributed by atoms with Gasteiger partial charge in [-0.3, -0.25) is 4.79 Å². The molecule has 25 heavy (non-hydrogen) atoms. The number of anilines is 1. The molecule has 0 unspecified atom stereocenters. The van der Waals surface area contributed by atoms with E-state index >= 15 is 0 Å². The number of nitrogens with zero attached hydrogens (tertiary/aromatic N) is 2. The molecule has 2 aromatic heterocycles. The maximum Gasteiger partial charge on any atom is 0.227 e. The molecule has 0 aliphatic rings. The summed E-state index contributed by atoms with van der Waals surface area (Å²) in [6.07, 6.45) is 0.707. The van der Waals surface area contributed by atoms with Gasteiger partial charge in [-0.25, -0.2) is 0 Å². The van der Waals surface area contributed by atoms with E-state index in [9.17, 15) is 4.79 Å². The molecule has 0 saturated heterocycles. The molecular formula is C18H20N4O2S. The van der Waals surface area contributed by atoms with Crippen LogP contribution in [0.2, 0.25) is 0 Å². The Hall–Kier alpha value is -2.51. The Kier molecular flexibility index (Phi) is 5.92. The Morgan fingerprint density at radius 1 is 1.28 bits per heavy atom. The number of amides is 1. The lowest BCUT2D eigenvalue weighted by Crippen LogP contribution is -2.17. The summed E-state index contributed by atoms with van der Waals surface area (Å²) in [4.78, 5) is 16.6. The van der Waals surface area contributed by atoms with Crippen molar-refractivity contribution in [2.75, 3.05) is 11.9 Å². The van der Waals surface area contributed by atoms with E-state index in [2.05, 4.69) is 27.7 Å². The van der Waals surface area contributed by atoms with Crippen molar-refractivity contribution in [1.82, 2.24) is 15.5 Å². The Morgan fingerprint density at radius 3 is 2.96 bits per heavy atom. The average molecular weight is 356 g/mol. The summed E-state index contributed by atoms with van der Waals surface area (Å²) < 4.78 is 5.22. The molecule has 0 fully saturated rings. The van der Waals surface area contributed by atoms with Crippen LogP contribution in [-0.2, 0) is 17.8 Å². The lowest BCUT2D eigenvalue weighted by Gasteiger charge is -2.11. The molecule has 130 valence electrons. The van der Waals surface area contributed by atoms with E-state index < -0.39 is 0 Å². The standard InChI is InChI=1S/C18H20N4O2S/c1-2-19-11-13-5-3-4-6-15(13)20-16(23)7-8-17-21-18(22-24-17)14-9-10-25-12-14/h3-6,9-10,12,19H,2,7-8,11H2,1H3,(H,20,23). The molecule has 0 aliphatic carbocycles. The molecule has 2 N–H and O–H groups in total. The van der Waals surface area contributed by atoms with Crippen molar-refractivity contribution < 1.29 is 9.32 Å². The molecule has 2 heterocycles. The monoisotopic (exact) mass is 356 g/mol. The van der Waals surface area contributed by atoms with Crippen LogP contribution >= 0.6 is 11.3 Å². The number of hydrogen-bond acceptors (Lipinski definition) is 6. The highest BCUT2D eigenvalue weighted by Gasteiger charge is 2.12. The quantitative estimate of drug-likeness (QED) is 0.646. The zero-order valence-electron chi connectivity index (χ0n) is 14.0. The van der Waals surface area contributed by atoms with Crippen molar-refractivity contribution in [3.8, 4) is 11.4 Å². The molecule has 3 rings (SSSR count). The average Bonchev–Trinajstić information content (AvgIpc) is 3.30. The van der Waals surface area contributed by atoms with E-state index in [1.165, 1.54) is 0 Å². The van der Waals surface area contributed by atoms with Gasteiger partial charge in [0.1, 0.15) is 0 Å². The minimum atomic E-state index is -0.0702. The number of thiophene rings is 1. The number of hydrogen-bond donors (Lipinski definition) is 2.